The molecule has 11 heterocycles. The van der Waals surface area contributed by atoms with Gasteiger partial charge in [0.25, 0.3) is 6.71 Å². The van der Waals surface area contributed by atoms with Crippen LogP contribution in [0.4, 0.5) is 0 Å². The summed E-state index contributed by atoms with van der Waals surface area (Å²) in [7, 11) is 0. The van der Waals surface area contributed by atoms with E-state index in [1.54, 1.807) is 0 Å². The normalized spacial score (nSPS) is 14.1. The number of ether oxygens (including phenoxy) is 1. The molecule has 310 valence electrons. The Balaban J connectivity index is 1.13. The van der Waals surface area contributed by atoms with Gasteiger partial charge in [-0.05, 0) is 55.7 Å². The number of aromatic nitrogens is 6. The topological polar surface area (TPSA) is 36.7 Å². The average Bonchev–Trinajstić information content (AvgIpc) is 4.27. The van der Waals surface area contributed by atoms with Crippen molar-refractivity contribution < 1.29 is 4.74 Å². The van der Waals surface area contributed by atoms with Gasteiger partial charge in [-0.1, -0.05) is 115 Å². The fraction of sp³-hybridized carbons (Fsp3) is 0.0333. The van der Waals surface area contributed by atoms with E-state index < -0.39 is 0 Å². The van der Waals surface area contributed by atoms with Gasteiger partial charge in [-0.3, -0.25) is 17.9 Å². The standard InChI is InChI=1S/C60H31BN6O/c1-28-30-14-3-7-22-38(30)64-55-51-44(36-20-11-18-34-32-16-5-9-24-40(32)62(51)49(34)36)57-47-53(55)66(59(28)64)42-26-13-27-43-46(42)61(47)48-54-56(65-39-23-8-4-15-31(39)29(2)60(65)67(43)54)52-45(58(48)68-57)37-21-12-19-35-33-17-6-10-25-41(33)63(52)50(35)37/h3-27H,1-2H3. The number of rotatable bonds is 0. The fourth-order valence-corrected chi connectivity index (χ4v) is 15.1. The Hall–Kier alpha value is -8.88. The fourth-order valence-electron chi connectivity index (χ4n) is 15.1. The van der Waals surface area contributed by atoms with Crippen molar-refractivity contribution >= 4 is 154 Å². The molecule has 0 bridgehead atoms. The first-order chi connectivity index (χ1) is 33.7. The average molecular weight is 863 g/mol. The summed E-state index contributed by atoms with van der Waals surface area (Å²) in [5, 5.41) is 12.5. The van der Waals surface area contributed by atoms with Crippen molar-refractivity contribution in [3.05, 3.63) is 163 Å². The van der Waals surface area contributed by atoms with Gasteiger partial charge in [0.05, 0.1) is 77.0 Å². The predicted molar refractivity (Wildman–Crippen MR) is 281 cm³/mol. The SMILES string of the molecule is Cc1c2ccccc2n2c3c4c5c(c6c7cccc8c9ccccc9n(c87)c63)Oc3c6c7c(c8c3c3cccc9c%10ccccc%10n8c93)n3c8ccccc8c(C)c3n7-c3cccc(c3B56)-n4c12. The van der Waals surface area contributed by atoms with Crippen LogP contribution in [0.2, 0.25) is 0 Å². The molecule has 68 heavy (non-hydrogen) atoms. The van der Waals surface area contributed by atoms with Crippen LogP contribution in [-0.4, -0.2) is 33.4 Å². The Bertz CT molecular complexity index is 5070. The summed E-state index contributed by atoms with van der Waals surface area (Å²) < 4.78 is 23.8. The van der Waals surface area contributed by atoms with Crippen molar-refractivity contribution in [1.82, 2.24) is 26.7 Å². The van der Waals surface area contributed by atoms with Gasteiger partial charge in [0.1, 0.15) is 22.8 Å². The van der Waals surface area contributed by atoms with E-state index in [9.17, 15) is 0 Å². The van der Waals surface area contributed by atoms with Crippen LogP contribution in [0.5, 0.6) is 11.5 Å². The highest BCUT2D eigenvalue weighted by molar-refractivity contribution is 7.02. The first-order valence-electron chi connectivity index (χ1n) is 23.8. The largest absolute Gasteiger partial charge is 0.457 e. The number of fused-ring (bicyclic) bond motifs is 28. The quantitative estimate of drug-likeness (QED) is 0.140. The van der Waals surface area contributed by atoms with Gasteiger partial charge in [0, 0.05) is 76.5 Å². The van der Waals surface area contributed by atoms with Crippen LogP contribution in [0.25, 0.3) is 143 Å². The molecule has 17 aromatic rings. The number of hydrogen-bond acceptors (Lipinski definition) is 1. The van der Waals surface area contributed by atoms with Gasteiger partial charge in [-0.25, -0.2) is 0 Å². The molecule has 0 N–H and O–H groups in total. The van der Waals surface area contributed by atoms with Gasteiger partial charge in [0.15, 0.2) is 0 Å². The molecular formula is C60H31BN6O. The monoisotopic (exact) mass is 862 g/mol. The lowest BCUT2D eigenvalue weighted by Crippen LogP contribution is -2.61. The zero-order valence-corrected chi connectivity index (χ0v) is 36.6. The third-order valence-corrected chi connectivity index (χ3v) is 17.3. The molecule has 20 rings (SSSR count). The molecule has 0 spiro atoms. The minimum absolute atomic E-state index is 0.0929. The molecule has 0 unspecified atom stereocenters. The van der Waals surface area contributed by atoms with E-state index >= 15 is 0 Å². The molecule has 8 heteroatoms. The molecule has 8 aromatic heterocycles. The predicted octanol–water partition coefficient (Wildman–Crippen LogP) is 12.6. The summed E-state index contributed by atoms with van der Waals surface area (Å²) in [6, 6.07) is 56.9. The molecule has 7 nitrogen and oxygen atoms in total. The highest BCUT2D eigenvalue weighted by atomic mass is 16.5. The maximum atomic E-state index is 8.17. The van der Waals surface area contributed by atoms with Crippen LogP contribution in [0, 0.1) is 13.8 Å². The highest BCUT2D eigenvalue weighted by Crippen LogP contribution is 2.55. The molecule has 0 fully saturated rings. The lowest BCUT2D eigenvalue weighted by Gasteiger charge is -2.37. The summed E-state index contributed by atoms with van der Waals surface area (Å²) in [6.07, 6.45) is 0. The van der Waals surface area contributed by atoms with E-state index in [-0.39, 0.29) is 6.71 Å². The highest BCUT2D eigenvalue weighted by Gasteiger charge is 2.50. The second-order valence-corrected chi connectivity index (χ2v) is 20.0. The number of benzene rings is 9. The van der Waals surface area contributed by atoms with Crippen molar-refractivity contribution in [2.24, 2.45) is 0 Å². The van der Waals surface area contributed by atoms with E-state index in [2.05, 4.69) is 192 Å². The summed E-state index contributed by atoms with van der Waals surface area (Å²) in [6.45, 7) is 4.56. The first kappa shape index (κ1) is 32.7. The zero-order chi connectivity index (χ0) is 43.5. The van der Waals surface area contributed by atoms with Crippen LogP contribution in [0.3, 0.4) is 0 Å². The molecule has 0 atom stereocenters. The summed E-state index contributed by atoms with van der Waals surface area (Å²) >= 11 is 0. The van der Waals surface area contributed by atoms with Crippen molar-refractivity contribution in [2.45, 2.75) is 13.8 Å². The minimum Gasteiger partial charge on any atom is -0.457 e. The van der Waals surface area contributed by atoms with Crippen LogP contribution in [0.15, 0.2) is 152 Å². The van der Waals surface area contributed by atoms with Gasteiger partial charge in [-0.15, -0.1) is 0 Å². The maximum Gasteiger partial charge on any atom is 0.262 e. The van der Waals surface area contributed by atoms with E-state index in [1.807, 2.05) is 0 Å². The molecule has 0 saturated carbocycles. The number of imidazole rings is 2. The zero-order valence-electron chi connectivity index (χ0n) is 36.6. The first-order valence-corrected chi connectivity index (χ1v) is 23.8. The second-order valence-electron chi connectivity index (χ2n) is 20.0. The number of aryl methyl sites for hydroxylation is 2. The molecule has 0 aliphatic carbocycles. The van der Waals surface area contributed by atoms with Crippen LogP contribution in [-0.2, 0) is 0 Å². The molecular weight excluding hydrogens is 832 g/mol. The molecule has 3 aliphatic heterocycles. The van der Waals surface area contributed by atoms with E-state index in [1.165, 1.54) is 170 Å². The van der Waals surface area contributed by atoms with Crippen molar-refractivity contribution in [2.75, 3.05) is 0 Å². The summed E-state index contributed by atoms with van der Waals surface area (Å²) in [5.41, 5.74) is 26.1. The van der Waals surface area contributed by atoms with Crippen molar-refractivity contribution in [3.63, 3.8) is 0 Å². The molecule has 3 aliphatic rings. The van der Waals surface area contributed by atoms with Gasteiger partial charge in [0.2, 0.25) is 0 Å². The van der Waals surface area contributed by atoms with Gasteiger partial charge < -0.3 is 13.5 Å². The number of para-hydroxylation sites is 6. The Labute approximate surface area is 383 Å². The van der Waals surface area contributed by atoms with Crippen molar-refractivity contribution in [3.8, 4) is 22.9 Å². The Morgan fingerprint density at radius 2 is 0.706 bits per heavy atom. The summed E-state index contributed by atoms with van der Waals surface area (Å²) in [5.74, 6) is 1.97. The smallest absolute Gasteiger partial charge is 0.262 e. The van der Waals surface area contributed by atoms with Crippen LogP contribution >= 0.6 is 0 Å². The molecule has 0 saturated heterocycles. The van der Waals surface area contributed by atoms with E-state index in [0.29, 0.717) is 0 Å². The number of nitrogens with zero attached hydrogens (tertiary/aromatic N) is 6. The summed E-state index contributed by atoms with van der Waals surface area (Å²) in [4.78, 5) is 0. The minimum atomic E-state index is -0.0929. The Morgan fingerprint density at radius 3 is 1.18 bits per heavy atom. The third-order valence-electron chi connectivity index (χ3n) is 17.3. The maximum absolute atomic E-state index is 8.17. The number of hydrogen-bond donors (Lipinski definition) is 0. The Kier molecular flexibility index (Phi) is 4.85. The van der Waals surface area contributed by atoms with Gasteiger partial charge >= 0.3 is 0 Å². The molecule has 0 radical (unpaired) electrons. The second kappa shape index (κ2) is 10.1. The van der Waals surface area contributed by atoms with E-state index in [4.69, 9.17) is 4.74 Å². The lowest BCUT2D eigenvalue weighted by atomic mass is 9.33. The van der Waals surface area contributed by atoms with E-state index in [0.717, 1.165) is 11.5 Å². The Morgan fingerprint density at radius 1 is 0.324 bits per heavy atom. The van der Waals surface area contributed by atoms with Crippen LogP contribution in [0.1, 0.15) is 11.1 Å². The van der Waals surface area contributed by atoms with Crippen molar-refractivity contribution in [1.29, 1.82) is 0 Å². The van der Waals surface area contributed by atoms with Crippen LogP contribution < -0.4 is 21.1 Å². The van der Waals surface area contributed by atoms with Gasteiger partial charge in [-0.2, -0.15) is 0 Å². The molecule has 9 aromatic carbocycles. The lowest BCUT2D eigenvalue weighted by molar-refractivity contribution is 0.500. The molecule has 0 amide bonds. The third kappa shape index (κ3) is 2.99.